The normalized spacial score (nSPS) is 11.9. The standard InChI is InChI=1S/C12H18N2O2S/c1-10(9-15)14-12(16)13-7-8-17-11-5-3-2-4-6-11/h2-6,10,15H,7-9H2,1H3,(H2,13,14,16). The van der Waals surface area contributed by atoms with Gasteiger partial charge in [0.25, 0.3) is 0 Å². The van der Waals surface area contributed by atoms with Crippen LogP contribution in [0.5, 0.6) is 0 Å². The van der Waals surface area contributed by atoms with Gasteiger partial charge in [0, 0.05) is 17.2 Å². The van der Waals surface area contributed by atoms with E-state index in [0.29, 0.717) is 6.54 Å². The lowest BCUT2D eigenvalue weighted by Crippen LogP contribution is -2.42. The first-order chi connectivity index (χ1) is 8.22. The highest BCUT2D eigenvalue weighted by Gasteiger charge is 2.04. The quantitative estimate of drug-likeness (QED) is 0.532. The summed E-state index contributed by atoms with van der Waals surface area (Å²) in [7, 11) is 0. The third kappa shape index (κ3) is 6.19. The van der Waals surface area contributed by atoms with E-state index >= 15 is 0 Å². The monoisotopic (exact) mass is 254 g/mol. The van der Waals surface area contributed by atoms with E-state index in [9.17, 15) is 4.79 Å². The SMILES string of the molecule is CC(CO)NC(=O)NCCSc1ccccc1. The van der Waals surface area contributed by atoms with Gasteiger partial charge in [-0.15, -0.1) is 11.8 Å². The second-order valence-corrected chi connectivity index (χ2v) is 4.81. The molecule has 1 aromatic carbocycles. The number of amides is 2. The molecule has 1 aromatic rings. The molecule has 1 rings (SSSR count). The number of aliphatic hydroxyl groups is 1. The Kier molecular flexibility index (Phi) is 6.50. The lowest BCUT2D eigenvalue weighted by molar-refractivity contribution is 0.221. The van der Waals surface area contributed by atoms with Crippen LogP contribution in [0.4, 0.5) is 4.79 Å². The van der Waals surface area contributed by atoms with Gasteiger partial charge in [0.2, 0.25) is 0 Å². The lowest BCUT2D eigenvalue weighted by atomic mass is 10.4. The number of aliphatic hydroxyl groups excluding tert-OH is 1. The minimum Gasteiger partial charge on any atom is -0.394 e. The molecule has 0 radical (unpaired) electrons. The van der Waals surface area contributed by atoms with Crippen LogP contribution < -0.4 is 10.6 Å². The Morgan fingerprint density at radius 1 is 1.41 bits per heavy atom. The molecular formula is C12H18N2O2S. The third-order valence-corrected chi connectivity index (χ3v) is 3.06. The summed E-state index contributed by atoms with van der Waals surface area (Å²) >= 11 is 1.70. The van der Waals surface area contributed by atoms with Gasteiger partial charge in [-0.05, 0) is 19.1 Å². The van der Waals surface area contributed by atoms with E-state index in [1.165, 1.54) is 4.90 Å². The van der Waals surface area contributed by atoms with Crippen LogP contribution in [-0.2, 0) is 0 Å². The van der Waals surface area contributed by atoms with Crippen LogP contribution in [0.15, 0.2) is 35.2 Å². The Labute approximate surface area is 106 Å². The smallest absolute Gasteiger partial charge is 0.315 e. The Morgan fingerprint density at radius 3 is 2.76 bits per heavy atom. The van der Waals surface area contributed by atoms with Crippen molar-refractivity contribution >= 4 is 17.8 Å². The molecule has 0 heterocycles. The zero-order valence-electron chi connectivity index (χ0n) is 9.85. The van der Waals surface area contributed by atoms with Crippen molar-refractivity contribution in [1.29, 1.82) is 0 Å². The van der Waals surface area contributed by atoms with Crippen LogP contribution in [0.3, 0.4) is 0 Å². The van der Waals surface area contributed by atoms with Crippen molar-refractivity contribution in [3.8, 4) is 0 Å². The molecule has 0 saturated heterocycles. The number of benzene rings is 1. The Balaban J connectivity index is 2.10. The first kappa shape index (κ1) is 13.9. The summed E-state index contributed by atoms with van der Waals surface area (Å²) in [5, 5.41) is 14.1. The molecule has 5 heteroatoms. The van der Waals surface area contributed by atoms with E-state index < -0.39 is 0 Å². The average Bonchev–Trinajstić information content (AvgIpc) is 2.36. The number of rotatable bonds is 6. The Hall–Kier alpha value is -1.20. The predicted molar refractivity (Wildman–Crippen MR) is 70.2 cm³/mol. The highest BCUT2D eigenvalue weighted by atomic mass is 32.2. The summed E-state index contributed by atoms with van der Waals surface area (Å²) in [6.07, 6.45) is 0. The third-order valence-electron chi connectivity index (χ3n) is 2.05. The number of carbonyl (C=O) groups is 1. The van der Waals surface area contributed by atoms with Gasteiger partial charge in [0.05, 0.1) is 12.6 Å². The number of thioether (sulfide) groups is 1. The molecular weight excluding hydrogens is 236 g/mol. The summed E-state index contributed by atoms with van der Waals surface area (Å²) in [6.45, 7) is 2.30. The average molecular weight is 254 g/mol. The summed E-state index contributed by atoms with van der Waals surface area (Å²) in [6, 6.07) is 9.59. The molecule has 0 fully saturated rings. The van der Waals surface area contributed by atoms with E-state index in [2.05, 4.69) is 10.6 Å². The highest BCUT2D eigenvalue weighted by molar-refractivity contribution is 7.99. The van der Waals surface area contributed by atoms with Crippen molar-refractivity contribution in [3.05, 3.63) is 30.3 Å². The fourth-order valence-corrected chi connectivity index (χ4v) is 1.96. The minimum atomic E-state index is -0.236. The second-order valence-electron chi connectivity index (χ2n) is 3.65. The van der Waals surface area contributed by atoms with Crippen LogP contribution in [0.25, 0.3) is 0 Å². The lowest BCUT2D eigenvalue weighted by Gasteiger charge is -2.11. The molecule has 1 atom stereocenters. The number of hydrogen-bond donors (Lipinski definition) is 3. The van der Waals surface area contributed by atoms with Gasteiger partial charge in [-0.2, -0.15) is 0 Å². The predicted octanol–water partition coefficient (Wildman–Crippen LogP) is 1.46. The fourth-order valence-electron chi connectivity index (χ4n) is 1.17. The van der Waals surface area contributed by atoms with Crippen LogP contribution in [0.1, 0.15) is 6.92 Å². The van der Waals surface area contributed by atoms with Gasteiger partial charge in [0.1, 0.15) is 0 Å². The zero-order valence-corrected chi connectivity index (χ0v) is 10.7. The first-order valence-corrected chi connectivity index (χ1v) is 6.54. The topological polar surface area (TPSA) is 61.4 Å². The number of urea groups is 1. The minimum absolute atomic E-state index is 0.0494. The first-order valence-electron chi connectivity index (χ1n) is 5.55. The van der Waals surface area contributed by atoms with Crippen molar-refractivity contribution in [3.63, 3.8) is 0 Å². The molecule has 0 aliphatic carbocycles. The maximum Gasteiger partial charge on any atom is 0.315 e. The van der Waals surface area contributed by atoms with E-state index in [1.807, 2.05) is 30.3 Å². The van der Waals surface area contributed by atoms with Crippen molar-refractivity contribution in [2.75, 3.05) is 18.9 Å². The van der Waals surface area contributed by atoms with E-state index in [0.717, 1.165) is 5.75 Å². The van der Waals surface area contributed by atoms with Gasteiger partial charge < -0.3 is 15.7 Å². The molecule has 1 unspecified atom stereocenters. The molecule has 94 valence electrons. The highest BCUT2D eigenvalue weighted by Crippen LogP contribution is 2.15. The van der Waals surface area contributed by atoms with Crippen molar-refractivity contribution < 1.29 is 9.90 Å². The number of nitrogens with one attached hydrogen (secondary N) is 2. The van der Waals surface area contributed by atoms with Crippen LogP contribution in [-0.4, -0.2) is 36.1 Å². The maximum atomic E-state index is 11.3. The molecule has 0 aliphatic heterocycles. The Morgan fingerprint density at radius 2 is 2.12 bits per heavy atom. The van der Waals surface area contributed by atoms with Crippen molar-refractivity contribution in [1.82, 2.24) is 10.6 Å². The van der Waals surface area contributed by atoms with E-state index in [-0.39, 0.29) is 18.7 Å². The van der Waals surface area contributed by atoms with Gasteiger partial charge >= 0.3 is 6.03 Å². The van der Waals surface area contributed by atoms with E-state index in [1.54, 1.807) is 18.7 Å². The molecule has 0 bridgehead atoms. The van der Waals surface area contributed by atoms with Crippen molar-refractivity contribution in [2.45, 2.75) is 17.9 Å². The molecule has 0 aromatic heterocycles. The molecule has 2 amide bonds. The second kappa shape index (κ2) is 7.97. The molecule has 17 heavy (non-hydrogen) atoms. The largest absolute Gasteiger partial charge is 0.394 e. The zero-order chi connectivity index (χ0) is 12.5. The summed E-state index contributed by atoms with van der Waals surface area (Å²) in [5.74, 6) is 0.824. The fraction of sp³-hybridized carbons (Fsp3) is 0.417. The summed E-state index contributed by atoms with van der Waals surface area (Å²) in [5.41, 5.74) is 0. The van der Waals surface area contributed by atoms with E-state index in [4.69, 9.17) is 5.11 Å². The number of hydrogen-bond acceptors (Lipinski definition) is 3. The Bertz CT molecular complexity index is 333. The van der Waals surface area contributed by atoms with Crippen LogP contribution in [0.2, 0.25) is 0 Å². The summed E-state index contributed by atoms with van der Waals surface area (Å²) in [4.78, 5) is 12.5. The van der Waals surface area contributed by atoms with Crippen LogP contribution in [0, 0.1) is 0 Å². The number of carbonyl (C=O) groups excluding carboxylic acids is 1. The van der Waals surface area contributed by atoms with Crippen LogP contribution >= 0.6 is 11.8 Å². The van der Waals surface area contributed by atoms with Crippen molar-refractivity contribution in [2.24, 2.45) is 0 Å². The molecule has 0 spiro atoms. The molecule has 3 N–H and O–H groups in total. The van der Waals surface area contributed by atoms with Gasteiger partial charge in [0.15, 0.2) is 0 Å². The summed E-state index contributed by atoms with van der Waals surface area (Å²) < 4.78 is 0. The van der Waals surface area contributed by atoms with Gasteiger partial charge in [-0.25, -0.2) is 4.79 Å². The molecule has 4 nitrogen and oxygen atoms in total. The maximum absolute atomic E-state index is 11.3. The molecule has 0 saturated carbocycles. The van der Waals surface area contributed by atoms with Gasteiger partial charge in [-0.1, -0.05) is 18.2 Å². The molecule has 0 aliphatic rings. The van der Waals surface area contributed by atoms with Gasteiger partial charge in [-0.3, -0.25) is 0 Å².